The minimum atomic E-state index is -4.04. The Morgan fingerprint density at radius 2 is 1.47 bits per heavy atom. The zero-order valence-corrected chi connectivity index (χ0v) is 10.8. The van der Waals surface area contributed by atoms with E-state index in [4.69, 9.17) is 4.43 Å². The molecule has 0 aromatic carbocycles. The lowest BCUT2D eigenvalue weighted by Crippen LogP contribution is -2.37. The molecule has 0 aromatic heterocycles. The summed E-state index contributed by atoms with van der Waals surface area (Å²) < 4.78 is 42.0. The SMILES string of the molecule is CCC[Si](CCC)(CCC(F)(F)F)OC. The van der Waals surface area contributed by atoms with Crippen LogP contribution in [0.25, 0.3) is 0 Å². The van der Waals surface area contributed by atoms with E-state index in [-0.39, 0.29) is 6.04 Å². The Morgan fingerprint density at radius 1 is 1.00 bits per heavy atom. The predicted octanol–water partition coefficient (Wildman–Crippen LogP) is 4.35. The lowest BCUT2D eigenvalue weighted by molar-refractivity contribution is -0.131. The van der Waals surface area contributed by atoms with Crippen LogP contribution in [0.4, 0.5) is 13.2 Å². The highest BCUT2D eigenvalue weighted by Gasteiger charge is 2.37. The van der Waals surface area contributed by atoms with Gasteiger partial charge in [-0.05, 0) is 18.1 Å². The van der Waals surface area contributed by atoms with Gasteiger partial charge in [0.2, 0.25) is 0 Å². The van der Waals surface area contributed by atoms with Gasteiger partial charge in [-0.15, -0.1) is 0 Å². The minimum absolute atomic E-state index is 0.217. The largest absolute Gasteiger partial charge is 0.420 e. The normalized spacial score (nSPS) is 13.2. The quantitative estimate of drug-likeness (QED) is 0.603. The Morgan fingerprint density at radius 3 is 1.73 bits per heavy atom. The molecule has 5 heteroatoms. The molecule has 0 unspecified atom stereocenters. The fourth-order valence-corrected chi connectivity index (χ4v) is 5.89. The second-order valence-electron chi connectivity index (χ2n) is 4.00. The standard InChI is InChI=1S/C10H21F3OSi/c1-4-7-15(14-3,8-5-2)9-6-10(11,12)13/h4-9H2,1-3H3. The third kappa shape index (κ3) is 6.20. The Hall–Kier alpha value is -0.0331. The van der Waals surface area contributed by atoms with Crippen LogP contribution in [0.2, 0.25) is 18.1 Å². The van der Waals surface area contributed by atoms with Gasteiger partial charge in [0.1, 0.15) is 0 Å². The van der Waals surface area contributed by atoms with E-state index < -0.39 is 20.9 Å². The van der Waals surface area contributed by atoms with Gasteiger partial charge < -0.3 is 4.43 Å². The van der Waals surface area contributed by atoms with Crippen LogP contribution in [0.1, 0.15) is 33.1 Å². The molecule has 0 rings (SSSR count). The van der Waals surface area contributed by atoms with Gasteiger partial charge in [-0.25, -0.2) is 0 Å². The van der Waals surface area contributed by atoms with Gasteiger partial charge in [0, 0.05) is 13.5 Å². The van der Waals surface area contributed by atoms with Crippen LogP contribution in [0.15, 0.2) is 0 Å². The molecule has 0 aliphatic carbocycles. The van der Waals surface area contributed by atoms with Gasteiger partial charge in [0.05, 0.1) is 0 Å². The van der Waals surface area contributed by atoms with E-state index in [9.17, 15) is 13.2 Å². The van der Waals surface area contributed by atoms with Crippen molar-refractivity contribution in [1.82, 2.24) is 0 Å². The van der Waals surface area contributed by atoms with E-state index in [0.29, 0.717) is 0 Å². The van der Waals surface area contributed by atoms with E-state index >= 15 is 0 Å². The van der Waals surface area contributed by atoms with Crippen LogP contribution in [0.3, 0.4) is 0 Å². The van der Waals surface area contributed by atoms with Gasteiger partial charge in [-0.3, -0.25) is 0 Å². The van der Waals surface area contributed by atoms with E-state index in [1.807, 2.05) is 13.8 Å². The van der Waals surface area contributed by atoms with Crippen molar-refractivity contribution in [3.8, 4) is 0 Å². The third-order valence-corrected chi connectivity index (χ3v) is 7.56. The van der Waals surface area contributed by atoms with Crippen molar-refractivity contribution < 1.29 is 17.6 Å². The lowest BCUT2D eigenvalue weighted by Gasteiger charge is -2.29. The van der Waals surface area contributed by atoms with Gasteiger partial charge in [-0.2, -0.15) is 13.2 Å². The molecule has 0 aliphatic heterocycles. The molecule has 92 valence electrons. The Kier molecular flexibility index (Phi) is 6.51. The highest BCUT2D eigenvalue weighted by molar-refractivity contribution is 6.73. The first kappa shape index (κ1) is 15.0. The molecule has 0 radical (unpaired) electrons. The summed E-state index contributed by atoms with van der Waals surface area (Å²) in [6.07, 6.45) is -2.90. The molecule has 0 aliphatic rings. The van der Waals surface area contributed by atoms with Crippen LogP contribution >= 0.6 is 0 Å². The fourth-order valence-electron chi connectivity index (χ4n) is 1.96. The molecule has 0 bridgehead atoms. The highest BCUT2D eigenvalue weighted by Crippen LogP contribution is 2.32. The van der Waals surface area contributed by atoms with Crippen molar-refractivity contribution in [2.45, 2.75) is 57.4 Å². The molecular weight excluding hydrogens is 221 g/mol. The van der Waals surface area contributed by atoms with Gasteiger partial charge in [0.25, 0.3) is 0 Å². The average molecular weight is 242 g/mol. The molecule has 0 saturated carbocycles. The van der Waals surface area contributed by atoms with Crippen LogP contribution < -0.4 is 0 Å². The van der Waals surface area contributed by atoms with Crippen LogP contribution in [-0.4, -0.2) is 21.6 Å². The average Bonchev–Trinajstić information content (AvgIpc) is 2.14. The summed E-state index contributed by atoms with van der Waals surface area (Å²) in [4.78, 5) is 0. The maximum absolute atomic E-state index is 12.2. The molecule has 0 aromatic rings. The van der Waals surface area contributed by atoms with Crippen molar-refractivity contribution in [2.24, 2.45) is 0 Å². The van der Waals surface area contributed by atoms with Gasteiger partial charge >= 0.3 is 6.18 Å². The number of hydrogen-bond donors (Lipinski definition) is 0. The summed E-state index contributed by atoms with van der Waals surface area (Å²) in [6.45, 7) is 4.01. The minimum Gasteiger partial charge on any atom is -0.420 e. The maximum atomic E-state index is 12.2. The molecule has 1 nitrogen and oxygen atoms in total. The molecule has 0 fully saturated rings. The van der Waals surface area contributed by atoms with E-state index in [1.54, 1.807) is 7.11 Å². The summed E-state index contributed by atoms with van der Waals surface area (Å²) in [6, 6.07) is 1.90. The monoisotopic (exact) mass is 242 g/mol. The smallest absolute Gasteiger partial charge is 0.388 e. The summed E-state index contributed by atoms with van der Waals surface area (Å²) in [5.74, 6) is 0. The fraction of sp³-hybridized carbons (Fsp3) is 1.00. The zero-order chi connectivity index (χ0) is 11.9. The van der Waals surface area contributed by atoms with Crippen molar-refractivity contribution in [3.05, 3.63) is 0 Å². The van der Waals surface area contributed by atoms with Crippen LogP contribution in [0.5, 0.6) is 0 Å². The topological polar surface area (TPSA) is 9.23 Å². The maximum Gasteiger partial charge on any atom is 0.388 e. The Balaban J connectivity index is 4.33. The molecule has 0 atom stereocenters. The van der Waals surface area contributed by atoms with Crippen LogP contribution in [-0.2, 0) is 4.43 Å². The van der Waals surface area contributed by atoms with E-state index in [0.717, 1.165) is 24.9 Å². The van der Waals surface area contributed by atoms with Crippen LogP contribution in [0, 0.1) is 0 Å². The van der Waals surface area contributed by atoms with Crippen molar-refractivity contribution in [3.63, 3.8) is 0 Å². The second kappa shape index (κ2) is 6.53. The van der Waals surface area contributed by atoms with Gasteiger partial charge in [-0.1, -0.05) is 26.7 Å². The van der Waals surface area contributed by atoms with E-state index in [1.165, 1.54) is 0 Å². The predicted molar refractivity (Wildman–Crippen MR) is 58.4 cm³/mol. The molecule has 0 spiro atoms. The lowest BCUT2D eigenvalue weighted by atomic mass is 10.5. The van der Waals surface area contributed by atoms with Crippen molar-refractivity contribution >= 4 is 8.32 Å². The molecule has 0 heterocycles. The summed E-state index contributed by atoms with van der Waals surface area (Å²) in [5.41, 5.74) is 0. The Labute approximate surface area is 91.1 Å². The first-order valence-electron chi connectivity index (χ1n) is 5.51. The number of rotatable bonds is 7. The number of alkyl halides is 3. The van der Waals surface area contributed by atoms with Crippen molar-refractivity contribution in [1.29, 1.82) is 0 Å². The van der Waals surface area contributed by atoms with Crippen molar-refractivity contribution in [2.75, 3.05) is 7.11 Å². The Bertz CT molecular complexity index is 165. The first-order chi connectivity index (χ1) is 6.89. The third-order valence-electron chi connectivity index (χ3n) is 2.71. The zero-order valence-electron chi connectivity index (χ0n) is 9.78. The second-order valence-corrected chi connectivity index (χ2v) is 8.28. The molecular formula is C10H21F3OSi. The molecule has 15 heavy (non-hydrogen) atoms. The molecule has 0 N–H and O–H groups in total. The highest BCUT2D eigenvalue weighted by atomic mass is 28.4. The molecule has 0 amide bonds. The number of hydrogen-bond acceptors (Lipinski definition) is 1. The molecule has 0 saturated heterocycles. The van der Waals surface area contributed by atoms with E-state index in [2.05, 4.69) is 0 Å². The summed E-state index contributed by atoms with van der Waals surface area (Å²) >= 11 is 0. The number of halogens is 3. The summed E-state index contributed by atoms with van der Waals surface area (Å²) in [5, 5.41) is 0. The summed E-state index contributed by atoms with van der Waals surface area (Å²) in [7, 11) is -0.522. The van der Waals surface area contributed by atoms with Gasteiger partial charge in [0.15, 0.2) is 8.32 Å². The first-order valence-corrected chi connectivity index (χ1v) is 8.04.